The largest absolute Gasteiger partial charge is 0.319 e. The monoisotopic (exact) mass is 411 g/mol. The van der Waals surface area contributed by atoms with E-state index in [9.17, 15) is 9.59 Å². The first-order valence-electron chi connectivity index (χ1n) is 9.56. The minimum atomic E-state index is -0.354. The molecule has 1 amide bonds. The fourth-order valence-electron chi connectivity index (χ4n) is 3.40. The summed E-state index contributed by atoms with van der Waals surface area (Å²) in [5, 5.41) is 12.0. The third-order valence-electron chi connectivity index (χ3n) is 4.87. The zero-order valence-corrected chi connectivity index (χ0v) is 16.5. The summed E-state index contributed by atoms with van der Waals surface area (Å²) in [6.07, 6.45) is 2.77. The molecule has 5 aromatic rings. The van der Waals surface area contributed by atoms with Gasteiger partial charge < -0.3 is 10.3 Å². The maximum absolute atomic E-state index is 13.0. The number of carbonyl (C=O) groups is 1. The Balaban J connectivity index is 1.50. The van der Waals surface area contributed by atoms with Crippen LogP contribution in [0.5, 0.6) is 0 Å². The van der Waals surface area contributed by atoms with E-state index in [-0.39, 0.29) is 17.2 Å². The van der Waals surface area contributed by atoms with Crippen LogP contribution < -0.4 is 10.9 Å². The van der Waals surface area contributed by atoms with Gasteiger partial charge in [-0.3, -0.25) is 9.59 Å². The molecule has 9 nitrogen and oxygen atoms in total. The Morgan fingerprint density at radius 2 is 1.81 bits per heavy atom. The van der Waals surface area contributed by atoms with Crippen LogP contribution in [0.1, 0.15) is 16.2 Å². The summed E-state index contributed by atoms with van der Waals surface area (Å²) in [4.78, 5) is 31.7. The highest BCUT2D eigenvalue weighted by atomic mass is 16.2. The molecule has 3 aromatic heterocycles. The van der Waals surface area contributed by atoms with Crippen LogP contribution in [0.15, 0.2) is 78.0 Å². The predicted molar refractivity (Wildman–Crippen MR) is 116 cm³/mol. The lowest BCUT2D eigenvalue weighted by atomic mass is 10.2. The molecule has 0 unspecified atom stereocenters. The molecule has 0 saturated carbocycles. The molecular formula is C22H17N7O2. The van der Waals surface area contributed by atoms with Crippen LogP contribution in [0.4, 0.5) is 5.69 Å². The molecule has 9 heteroatoms. The second kappa shape index (κ2) is 7.38. The number of aryl methyl sites for hydroxylation is 1. The number of benzene rings is 2. The van der Waals surface area contributed by atoms with Crippen LogP contribution in [-0.2, 0) is 0 Å². The second-order valence-corrected chi connectivity index (χ2v) is 6.91. The quantitative estimate of drug-likeness (QED) is 0.472. The molecule has 0 atom stereocenters. The van der Waals surface area contributed by atoms with Crippen molar-refractivity contribution in [3.63, 3.8) is 0 Å². The molecule has 0 aliphatic heterocycles. The van der Waals surface area contributed by atoms with Gasteiger partial charge in [0.2, 0.25) is 0 Å². The summed E-state index contributed by atoms with van der Waals surface area (Å²) in [5.41, 5.74) is 3.23. The fourth-order valence-corrected chi connectivity index (χ4v) is 3.40. The lowest BCUT2D eigenvalue weighted by Gasteiger charge is -2.10. The van der Waals surface area contributed by atoms with Gasteiger partial charge in [0.05, 0.1) is 29.6 Å². The molecule has 0 saturated heterocycles. The van der Waals surface area contributed by atoms with Crippen molar-refractivity contribution in [1.29, 1.82) is 0 Å². The molecule has 152 valence electrons. The van der Waals surface area contributed by atoms with E-state index in [2.05, 4.69) is 25.5 Å². The number of aromatic nitrogens is 6. The number of nitrogens with zero attached hydrogens (tertiary/aromatic N) is 5. The van der Waals surface area contributed by atoms with E-state index in [4.69, 9.17) is 0 Å². The fraction of sp³-hybridized carbons (Fsp3) is 0.0455. The molecule has 2 N–H and O–H groups in total. The third-order valence-corrected chi connectivity index (χ3v) is 4.87. The number of H-pyrrole nitrogens is 1. The highest BCUT2D eigenvalue weighted by molar-refractivity contribution is 6.04. The Labute approximate surface area is 176 Å². The maximum atomic E-state index is 13.0. The summed E-state index contributed by atoms with van der Waals surface area (Å²) in [5.74, 6) is -0.354. The van der Waals surface area contributed by atoms with E-state index in [0.717, 1.165) is 11.4 Å². The average Bonchev–Trinajstić information content (AvgIpc) is 3.39. The molecule has 0 bridgehead atoms. The van der Waals surface area contributed by atoms with Crippen molar-refractivity contribution in [2.24, 2.45) is 0 Å². The van der Waals surface area contributed by atoms with Gasteiger partial charge in [0.15, 0.2) is 11.3 Å². The molecule has 0 aliphatic carbocycles. The standard InChI is InChI=1S/C22H17N7O2/c1-14-11-18(27-28(14)15-7-3-2-4-8-15)22(31)26-17-9-5-6-10-19(17)29-20-16(12-25-29)21(30)24-13-23-20/h2-13H,1H3,(H,26,31)(H,23,24,30). The number of fused-ring (bicyclic) bond motifs is 1. The number of aromatic amines is 1. The number of hydrogen-bond donors (Lipinski definition) is 2. The number of nitrogens with one attached hydrogen (secondary N) is 2. The van der Waals surface area contributed by atoms with Crippen LogP contribution in [0.3, 0.4) is 0 Å². The van der Waals surface area contributed by atoms with Crippen molar-refractivity contribution in [2.45, 2.75) is 6.92 Å². The molecule has 0 aliphatic rings. The van der Waals surface area contributed by atoms with Crippen molar-refractivity contribution >= 4 is 22.6 Å². The smallest absolute Gasteiger partial charge is 0.276 e. The van der Waals surface area contributed by atoms with Crippen LogP contribution in [0, 0.1) is 6.92 Å². The van der Waals surface area contributed by atoms with Gasteiger partial charge in [0, 0.05) is 5.69 Å². The van der Waals surface area contributed by atoms with E-state index in [1.807, 2.05) is 43.3 Å². The van der Waals surface area contributed by atoms with Gasteiger partial charge in [-0.15, -0.1) is 0 Å². The normalized spacial score (nSPS) is 11.0. The van der Waals surface area contributed by atoms with Crippen molar-refractivity contribution in [1.82, 2.24) is 29.5 Å². The zero-order valence-electron chi connectivity index (χ0n) is 16.5. The van der Waals surface area contributed by atoms with Crippen molar-refractivity contribution in [2.75, 3.05) is 5.32 Å². The van der Waals surface area contributed by atoms with Gasteiger partial charge in [0.25, 0.3) is 11.5 Å². The lowest BCUT2D eigenvalue weighted by Crippen LogP contribution is -2.15. The van der Waals surface area contributed by atoms with Crippen molar-refractivity contribution in [3.05, 3.63) is 94.9 Å². The number of anilines is 1. The summed E-state index contributed by atoms with van der Waals surface area (Å²) in [6, 6.07) is 18.5. The van der Waals surface area contributed by atoms with Crippen LogP contribution in [0.2, 0.25) is 0 Å². The highest BCUT2D eigenvalue weighted by Crippen LogP contribution is 2.23. The average molecular weight is 411 g/mol. The number of amides is 1. The minimum Gasteiger partial charge on any atom is -0.319 e. The van der Waals surface area contributed by atoms with Crippen LogP contribution >= 0.6 is 0 Å². The highest BCUT2D eigenvalue weighted by Gasteiger charge is 2.17. The van der Waals surface area contributed by atoms with Gasteiger partial charge in [-0.25, -0.2) is 14.3 Å². The molecule has 0 spiro atoms. The van der Waals surface area contributed by atoms with E-state index in [0.29, 0.717) is 22.4 Å². The van der Waals surface area contributed by atoms with E-state index < -0.39 is 0 Å². The number of rotatable bonds is 4. The van der Waals surface area contributed by atoms with Crippen molar-refractivity contribution < 1.29 is 4.79 Å². The first-order valence-corrected chi connectivity index (χ1v) is 9.56. The van der Waals surface area contributed by atoms with E-state index in [1.54, 1.807) is 28.9 Å². The number of carbonyl (C=O) groups excluding carboxylic acids is 1. The van der Waals surface area contributed by atoms with Gasteiger partial charge >= 0.3 is 0 Å². The summed E-state index contributed by atoms with van der Waals surface area (Å²) in [6.45, 7) is 1.89. The van der Waals surface area contributed by atoms with Crippen LogP contribution in [-0.4, -0.2) is 35.4 Å². The molecule has 31 heavy (non-hydrogen) atoms. The molecule has 2 aromatic carbocycles. The van der Waals surface area contributed by atoms with E-state index in [1.165, 1.54) is 17.2 Å². The van der Waals surface area contributed by atoms with Crippen molar-refractivity contribution in [3.8, 4) is 11.4 Å². The Kier molecular flexibility index (Phi) is 4.40. The third kappa shape index (κ3) is 3.27. The number of para-hydroxylation sites is 3. The van der Waals surface area contributed by atoms with Crippen LogP contribution in [0.25, 0.3) is 22.4 Å². The lowest BCUT2D eigenvalue weighted by molar-refractivity contribution is 0.102. The van der Waals surface area contributed by atoms with Gasteiger partial charge in [-0.2, -0.15) is 10.2 Å². The number of hydrogen-bond acceptors (Lipinski definition) is 5. The topological polar surface area (TPSA) is 110 Å². The van der Waals surface area contributed by atoms with E-state index >= 15 is 0 Å². The molecule has 0 radical (unpaired) electrons. The Hall–Kier alpha value is -4.53. The predicted octanol–water partition coefficient (Wildman–Crippen LogP) is 2.86. The summed E-state index contributed by atoms with van der Waals surface area (Å²) in [7, 11) is 0. The molecule has 0 fully saturated rings. The SMILES string of the molecule is Cc1cc(C(=O)Nc2ccccc2-n2ncc3c(=O)[nH]cnc32)nn1-c1ccccc1. The second-order valence-electron chi connectivity index (χ2n) is 6.91. The first kappa shape index (κ1) is 18.5. The maximum Gasteiger partial charge on any atom is 0.276 e. The molecule has 3 heterocycles. The summed E-state index contributed by atoms with van der Waals surface area (Å²) < 4.78 is 3.24. The Morgan fingerprint density at radius 3 is 2.65 bits per heavy atom. The zero-order chi connectivity index (χ0) is 21.4. The molecule has 5 rings (SSSR count). The Morgan fingerprint density at radius 1 is 1.03 bits per heavy atom. The van der Waals surface area contributed by atoms with Gasteiger partial charge in [-0.1, -0.05) is 30.3 Å². The van der Waals surface area contributed by atoms with Gasteiger partial charge in [-0.05, 0) is 37.3 Å². The Bertz CT molecular complexity index is 1460. The first-order chi connectivity index (χ1) is 15.1. The van der Waals surface area contributed by atoms with Gasteiger partial charge in [0.1, 0.15) is 5.39 Å². The minimum absolute atomic E-state index is 0.278. The molecular weight excluding hydrogens is 394 g/mol. The summed E-state index contributed by atoms with van der Waals surface area (Å²) >= 11 is 0.